The van der Waals surface area contributed by atoms with Gasteiger partial charge in [-0.25, -0.2) is 4.79 Å². The van der Waals surface area contributed by atoms with E-state index >= 15 is 0 Å². The summed E-state index contributed by atoms with van der Waals surface area (Å²) in [6.07, 6.45) is 3.11. The van der Waals surface area contributed by atoms with E-state index in [0.29, 0.717) is 18.6 Å². The smallest absolute Gasteiger partial charge is 0.326 e. The summed E-state index contributed by atoms with van der Waals surface area (Å²) in [5.41, 5.74) is 17.3. The summed E-state index contributed by atoms with van der Waals surface area (Å²) >= 11 is 1.56. The first kappa shape index (κ1) is 26.2. The van der Waals surface area contributed by atoms with Gasteiger partial charge in [-0.05, 0) is 36.8 Å². The molecule has 0 heterocycles. The number of nitrogens with two attached hydrogens (primary N) is 3. The van der Waals surface area contributed by atoms with Crippen LogP contribution >= 0.6 is 11.8 Å². The maximum atomic E-state index is 12.8. The molecule has 10 nitrogen and oxygen atoms in total. The lowest BCUT2D eigenvalue weighted by Crippen LogP contribution is -2.55. The molecule has 0 radical (unpaired) electrons. The molecule has 0 unspecified atom stereocenters. The zero-order chi connectivity index (χ0) is 23.2. The summed E-state index contributed by atoms with van der Waals surface area (Å²) < 4.78 is 0. The van der Waals surface area contributed by atoms with Crippen molar-refractivity contribution in [3.05, 3.63) is 35.9 Å². The molecule has 172 valence electrons. The molecule has 0 bridgehead atoms. The Morgan fingerprint density at radius 3 is 2.29 bits per heavy atom. The maximum Gasteiger partial charge on any atom is 0.326 e. The van der Waals surface area contributed by atoms with E-state index < -0.39 is 35.9 Å². The van der Waals surface area contributed by atoms with E-state index in [1.807, 2.05) is 12.3 Å². The molecule has 0 fully saturated rings. The molecule has 0 aliphatic heterocycles. The number of rotatable bonds is 14. The second-order valence-electron chi connectivity index (χ2n) is 6.99. The summed E-state index contributed by atoms with van der Waals surface area (Å²) in [7, 11) is 0. The van der Waals surface area contributed by atoms with Crippen molar-refractivity contribution in [1.82, 2.24) is 10.6 Å². The highest BCUT2D eigenvalue weighted by Gasteiger charge is 2.27. The molecule has 3 atom stereocenters. The Morgan fingerprint density at radius 2 is 1.71 bits per heavy atom. The Kier molecular flexibility index (Phi) is 12.1. The van der Waals surface area contributed by atoms with E-state index in [4.69, 9.17) is 17.2 Å². The van der Waals surface area contributed by atoms with Crippen molar-refractivity contribution < 1.29 is 19.5 Å². The van der Waals surface area contributed by atoms with E-state index in [9.17, 15) is 19.5 Å². The molecular weight excluding hydrogens is 420 g/mol. The van der Waals surface area contributed by atoms with Crippen LogP contribution in [0.3, 0.4) is 0 Å². The largest absolute Gasteiger partial charge is 0.480 e. The number of hydrogen-bond acceptors (Lipinski definition) is 6. The fourth-order valence-electron chi connectivity index (χ4n) is 2.75. The van der Waals surface area contributed by atoms with Crippen LogP contribution in [0, 0.1) is 0 Å². The molecule has 1 aromatic rings. The average Bonchev–Trinajstić information content (AvgIpc) is 2.73. The number of nitrogens with zero attached hydrogens (tertiary/aromatic N) is 1. The van der Waals surface area contributed by atoms with Crippen LogP contribution in [-0.2, 0) is 20.8 Å². The van der Waals surface area contributed by atoms with Gasteiger partial charge in [0.2, 0.25) is 11.8 Å². The number of carboxylic acid groups (broad SMARTS) is 1. The van der Waals surface area contributed by atoms with Gasteiger partial charge in [0.25, 0.3) is 0 Å². The summed E-state index contributed by atoms with van der Waals surface area (Å²) in [6, 6.07) is 6.09. The Hall–Kier alpha value is -2.79. The van der Waals surface area contributed by atoms with Crippen LogP contribution in [0.5, 0.6) is 0 Å². The summed E-state index contributed by atoms with van der Waals surface area (Å²) in [5, 5.41) is 14.7. The molecule has 0 aliphatic rings. The van der Waals surface area contributed by atoms with E-state index in [-0.39, 0.29) is 25.3 Å². The molecule has 0 saturated carbocycles. The Bertz CT molecular complexity index is 742. The second-order valence-corrected chi connectivity index (χ2v) is 7.97. The number of carbonyl (C=O) groups is 3. The molecule has 2 amide bonds. The number of guanidine groups is 1. The molecular formula is C20H32N6O4S. The van der Waals surface area contributed by atoms with Crippen molar-refractivity contribution in [2.45, 2.75) is 43.8 Å². The van der Waals surface area contributed by atoms with Crippen molar-refractivity contribution in [2.24, 2.45) is 22.2 Å². The predicted octanol–water partition coefficient (Wildman–Crippen LogP) is -0.583. The number of amides is 2. The third kappa shape index (κ3) is 10.7. The van der Waals surface area contributed by atoms with E-state index in [2.05, 4.69) is 15.6 Å². The number of carboxylic acids is 1. The topological polar surface area (TPSA) is 186 Å². The third-order valence-corrected chi connectivity index (χ3v) is 5.09. The van der Waals surface area contributed by atoms with Gasteiger partial charge in [-0.15, -0.1) is 0 Å². The van der Waals surface area contributed by atoms with Crippen LogP contribution in [0.4, 0.5) is 0 Å². The first-order chi connectivity index (χ1) is 14.7. The Morgan fingerprint density at radius 1 is 1.06 bits per heavy atom. The molecule has 0 saturated heterocycles. The summed E-state index contributed by atoms with van der Waals surface area (Å²) in [5.74, 6) is -1.60. The van der Waals surface area contributed by atoms with Crippen LogP contribution in [-0.4, -0.2) is 65.5 Å². The first-order valence-corrected chi connectivity index (χ1v) is 11.3. The van der Waals surface area contributed by atoms with Crippen molar-refractivity contribution in [2.75, 3.05) is 18.6 Å². The number of nitrogens with one attached hydrogen (secondary N) is 2. The number of thioether (sulfide) groups is 1. The molecule has 0 aliphatic carbocycles. The van der Waals surface area contributed by atoms with E-state index in [0.717, 1.165) is 5.56 Å². The van der Waals surface area contributed by atoms with E-state index in [1.54, 1.807) is 36.0 Å². The fourth-order valence-corrected chi connectivity index (χ4v) is 3.24. The quantitative estimate of drug-likeness (QED) is 0.123. The third-order valence-electron chi connectivity index (χ3n) is 4.45. The van der Waals surface area contributed by atoms with Gasteiger partial charge in [-0.1, -0.05) is 30.3 Å². The number of aliphatic imine (C=N–C) groups is 1. The highest BCUT2D eigenvalue weighted by molar-refractivity contribution is 7.98. The van der Waals surface area contributed by atoms with Crippen LogP contribution in [0.15, 0.2) is 35.3 Å². The SMILES string of the molecule is CSCC[C@H](N)C(=O)N[C@H](CCCN=C(N)N)C(=O)N[C@H](Cc1ccccc1)C(=O)O. The molecule has 1 aromatic carbocycles. The lowest BCUT2D eigenvalue weighted by Gasteiger charge is -2.23. The number of hydrogen-bond donors (Lipinski definition) is 6. The number of benzene rings is 1. The van der Waals surface area contributed by atoms with Gasteiger partial charge >= 0.3 is 5.97 Å². The fraction of sp³-hybridized carbons (Fsp3) is 0.500. The monoisotopic (exact) mass is 452 g/mol. The predicted molar refractivity (Wildman–Crippen MR) is 123 cm³/mol. The van der Waals surface area contributed by atoms with Gasteiger partial charge in [0, 0.05) is 13.0 Å². The highest BCUT2D eigenvalue weighted by Crippen LogP contribution is 2.06. The normalized spacial score (nSPS) is 13.5. The van der Waals surface area contributed by atoms with Crippen LogP contribution in [0.2, 0.25) is 0 Å². The molecule has 31 heavy (non-hydrogen) atoms. The second kappa shape index (κ2) is 14.3. The van der Waals surface area contributed by atoms with Crippen molar-refractivity contribution in [3.63, 3.8) is 0 Å². The van der Waals surface area contributed by atoms with Gasteiger partial charge in [-0.3, -0.25) is 14.6 Å². The molecule has 9 N–H and O–H groups in total. The van der Waals surface area contributed by atoms with Crippen molar-refractivity contribution in [1.29, 1.82) is 0 Å². The average molecular weight is 453 g/mol. The summed E-state index contributed by atoms with van der Waals surface area (Å²) in [6.45, 7) is 0.271. The molecule has 11 heteroatoms. The van der Waals surface area contributed by atoms with Crippen molar-refractivity contribution >= 4 is 35.5 Å². The zero-order valence-electron chi connectivity index (χ0n) is 17.6. The van der Waals surface area contributed by atoms with Gasteiger partial charge in [0.1, 0.15) is 12.1 Å². The minimum absolute atomic E-state index is 0.0714. The Labute approximate surface area is 186 Å². The molecule has 1 rings (SSSR count). The van der Waals surface area contributed by atoms with Gasteiger partial charge in [-0.2, -0.15) is 11.8 Å². The van der Waals surface area contributed by atoms with Gasteiger partial charge in [0.15, 0.2) is 5.96 Å². The lowest BCUT2D eigenvalue weighted by molar-refractivity contribution is -0.142. The highest BCUT2D eigenvalue weighted by atomic mass is 32.2. The lowest BCUT2D eigenvalue weighted by atomic mass is 10.0. The standard InChI is InChI=1S/C20H32N6O4S/c1-31-11-9-14(21)17(27)25-15(8-5-10-24-20(22)23)18(28)26-16(19(29)30)12-13-6-3-2-4-7-13/h2-4,6-7,14-16H,5,8-12,21H2,1H3,(H,25,27)(H,26,28)(H,29,30)(H4,22,23,24)/t14-,15+,16+/m0/s1. The first-order valence-electron chi connectivity index (χ1n) is 9.92. The zero-order valence-corrected chi connectivity index (χ0v) is 18.4. The van der Waals surface area contributed by atoms with Crippen LogP contribution in [0.1, 0.15) is 24.8 Å². The van der Waals surface area contributed by atoms with Gasteiger partial charge in [0.05, 0.1) is 6.04 Å². The minimum Gasteiger partial charge on any atom is -0.480 e. The molecule has 0 spiro atoms. The Balaban J connectivity index is 2.84. The van der Waals surface area contributed by atoms with Crippen LogP contribution in [0.25, 0.3) is 0 Å². The molecule has 0 aromatic heterocycles. The number of carbonyl (C=O) groups excluding carboxylic acids is 2. The van der Waals surface area contributed by atoms with Gasteiger partial charge < -0.3 is 32.9 Å². The maximum absolute atomic E-state index is 12.8. The van der Waals surface area contributed by atoms with Crippen molar-refractivity contribution in [3.8, 4) is 0 Å². The summed E-state index contributed by atoms with van der Waals surface area (Å²) in [4.78, 5) is 40.8. The van der Waals surface area contributed by atoms with E-state index in [1.165, 1.54) is 0 Å². The minimum atomic E-state index is -1.17. The number of aliphatic carboxylic acids is 1. The van der Waals surface area contributed by atoms with Crippen LogP contribution < -0.4 is 27.8 Å².